The van der Waals surface area contributed by atoms with Crippen LogP contribution >= 0.6 is 0 Å². The van der Waals surface area contributed by atoms with E-state index in [9.17, 15) is 4.39 Å². The Morgan fingerprint density at radius 2 is 1.81 bits per heavy atom. The lowest BCUT2D eigenvalue weighted by Crippen LogP contribution is -2.43. The van der Waals surface area contributed by atoms with Crippen molar-refractivity contribution < 1.29 is 9.13 Å². The molecule has 3 heteroatoms. The summed E-state index contributed by atoms with van der Waals surface area (Å²) in [6.45, 7) is 0.755. The summed E-state index contributed by atoms with van der Waals surface area (Å²) in [4.78, 5) is 0. The average Bonchev–Trinajstić information content (AvgIpc) is 2.85. The number of benzene rings is 1. The summed E-state index contributed by atoms with van der Waals surface area (Å²) < 4.78 is 18.5. The second-order valence-electron chi connectivity index (χ2n) is 4.70. The molecule has 0 spiro atoms. The minimum atomic E-state index is -0.844. The van der Waals surface area contributed by atoms with Crippen molar-refractivity contribution in [3.05, 3.63) is 35.4 Å². The topological polar surface area (TPSA) is 21.3 Å². The molecule has 0 saturated carbocycles. The van der Waals surface area contributed by atoms with E-state index in [0.29, 0.717) is 12.6 Å². The fraction of sp³-hybridized carbons (Fsp3) is 0.538. The van der Waals surface area contributed by atoms with Crippen molar-refractivity contribution in [2.24, 2.45) is 0 Å². The van der Waals surface area contributed by atoms with Crippen LogP contribution in [0.4, 0.5) is 4.39 Å². The molecule has 0 unspecified atom stereocenters. The maximum Gasteiger partial charge on any atom is 0.141 e. The van der Waals surface area contributed by atoms with E-state index >= 15 is 0 Å². The van der Waals surface area contributed by atoms with Crippen molar-refractivity contribution in [1.29, 1.82) is 0 Å². The number of fused-ring (bicyclic) bond motifs is 1. The minimum Gasteiger partial charge on any atom is -0.377 e. The Kier molecular flexibility index (Phi) is 2.65. The van der Waals surface area contributed by atoms with Crippen LogP contribution in [0.1, 0.15) is 11.1 Å². The fourth-order valence-corrected chi connectivity index (χ4v) is 2.66. The van der Waals surface area contributed by atoms with Gasteiger partial charge in [-0.3, -0.25) is 0 Å². The summed E-state index contributed by atoms with van der Waals surface area (Å²) in [5.41, 5.74) is 2.80. The molecule has 1 aromatic rings. The Labute approximate surface area is 94.8 Å². The van der Waals surface area contributed by atoms with Gasteiger partial charge in [0.1, 0.15) is 6.17 Å². The lowest BCUT2D eigenvalue weighted by Gasteiger charge is -2.18. The Hall–Kier alpha value is -0.930. The first-order chi connectivity index (χ1) is 7.83. The van der Waals surface area contributed by atoms with E-state index in [0.717, 1.165) is 12.8 Å². The van der Waals surface area contributed by atoms with Gasteiger partial charge in [0.15, 0.2) is 0 Å². The van der Waals surface area contributed by atoms with E-state index in [1.54, 1.807) is 0 Å². The third kappa shape index (κ3) is 1.85. The summed E-state index contributed by atoms with van der Waals surface area (Å²) in [7, 11) is 0. The highest BCUT2D eigenvalue weighted by Gasteiger charge is 2.31. The maximum atomic E-state index is 13.4. The van der Waals surface area contributed by atoms with Gasteiger partial charge in [-0.2, -0.15) is 0 Å². The fourth-order valence-electron chi connectivity index (χ4n) is 2.66. The van der Waals surface area contributed by atoms with Crippen LogP contribution in [-0.2, 0) is 17.6 Å². The predicted octanol–water partition coefficient (Wildman–Crippen LogP) is 1.48. The number of halogens is 1. The highest BCUT2D eigenvalue weighted by molar-refractivity contribution is 5.33. The molecular formula is C13H16FNO. The number of hydrogen-bond acceptors (Lipinski definition) is 2. The van der Waals surface area contributed by atoms with Crippen molar-refractivity contribution in [2.75, 3.05) is 13.2 Å². The maximum absolute atomic E-state index is 13.4. The zero-order valence-electron chi connectivity index (χ0n) is 9.16. The van der Waals surface area contributed by atoms with Crippen molar-refractivity contribution in [2.45, 2.75) is 31.1 Å². The van der Waals surface area contributed by atoms with Crippen LogP contribution in [0.2, 0.25) is 0 Å². The van der Waals surface area contributed by atoms with Crippen molar-refractivity contribution >= 4 is 0 Å². The average molecular weight is 221 g/mol. The molecule has 1 aliphatic carbocycles. The summed E-state index contributed by atoms with van der Waals surface area (Å²) in [5.74, 6) is 0. The molecule has 1 aromatic carbocycles. The Bertz CT molecular complexity index is 357. The molecule has 0 bridgehead atoms. The minimum absolute atomic E-state index is 0.112. The number of hydrogen-bond donors (Lipinski definition) is 1. The van der Waals surface area contributed by atoms with Gasteiger partial charge in [0.2, 0.25) is 0 Å². The first kappa shape index (κ1) is 10.2. The SMILES string of the molecule is F[C@@H]1COC[C@H]1NC1Cc2ccccc2C1. The van der Waals surface area contributed by atoms with Gasteiger partial charge in [0.25, 0.3) is 0 Å². The smallest absolute Gasteiger partial charge is 0.141 e. The highest BCUT2D eigenvalue weighted by atomic mass is 19.1. The summed E-state index contributed by atoms with van der Waals surface area (Å²) in [6.07, 6.45) is 1.18. The predicted molar refractivity (Wildman–Crippen MR) is 60.3 cm³/mol. The van der Waals surface area contributed by atoms with Gasteiger partial charge in [-0.15, -0.1) is 0 Å². The molecule has 2 atom stereocenters. The molecule has 1 heterocycles. The molecule has 0 amide bonds. The molecule has 2 aliphatic rings. The molecule has 1 N–H and O–H groups in total. The molecule has 3 rings (SSSR count). The summed E-state index contributed by atoms with van der Waals surface area (Å²) in [5, 5.41) is 3.37. The van der Waals surface area contributed by atoms with E-state index in [4.69, 9.17) is 4.74 Å². The van der Waals surface area contributed by atoms with Gasteiger partial charge >= 0.3 is 0 Å². The molecule has 2 nitrogen and oxygen atoms in total. The van der Waals surface area contributed by atoms with Gasteiger partial charge in [-0.05, 0) is 24.0 Å². The second kappa shape index (κ2) is 4.15. The zero-order valence-corrected chi connectivity index (χ0v) is 9.16. The van der Waals surface area contributed by atoms with E-state index in [-0.39, 0.29) is 12.6 Å². The van der Waals surface area contributed by atoms with Crippen molar-refractivity contribution in [3.63, 3.8) is 0 Å². The van der Waals surface area contributed by atoms with E-state index < -0.39 is 6.17 Å². The Morgan fingerprint density at radius 3 is 2.38 bits per heavy atom. The first-order valence-corrected chi connectivity index (χ1v) is 5.87. The van der Waals surface area contributed by atoms with Crippen LogP contribution in [0.25, 0.3) is 0 Å². The highest BCUT2D eigenvalue weighted by Crippen LogP contribution is 2.23. The lowest BCUT2D eigenvalue weighted by molar-refractivity contribution is 0.172. The van der Waals surface area contributed by atoms with Crippen molar-refractivity contribution in [1.82, 2.24) is 5.32 Å². The van der Waals surface area contributed by atoms with Crippen LogP contribution in [0.15, 0.2) is 24.3 Å². The second-order valence-corrected chi connectivity index (χ2v) is 4.70. The van der Waals surface area contributed by atoms with Gasteiger partial charge in [0.05, 0.1) is 19.3 Å². The number of nitrogens with one attached hydrogen (secondary N) is 1. The van der Waals surface area contributed by atoms with Crippen LogP contribution in [0.5, 0.6) is 0 Å². The lowest BCUT2D eigenvalue weighted by atomic mass is 10.1. The summed E-state index contributed by atoms with van der Waals surface area (Å²) in [6, 6.07) is 8.72. The number of rotatable bonds is 2. The van der Waals surface area contributed by atoms with Gasteiger partial charge in [0, 0.05) is 6.04 Å². The van der Waals surface area contributed by atoms with E-state index in [2.05, 4.69) is 29.6 Å². The Balaban J connectivity index is 1.63. The van der Waals surface area contributed by atoms with Crippen LogP contribution in [-0.4, -0.2) is 31.5 Å². The first-order valence-electron chi connectivity index (χ1n) is 5.87. The molecule has 1 saturated heterocycles. The molecule has 0 aromatic heterocycles. The van der Waals surface area contributed by atoms with Crippen molar-refractivity contribution in [3.8, 4) is 0 Å². The van der Waals surface area contributed by atoms with Crippen LogP contribution in [0, 0.1) is 0 Å². The molecule has 0 radical (unpaired) electrons. The molecule has 1 fully saturated rings. The summed E-state index contributed by atoms with van der Waals surface area (Å²) >= 11 is 0. The normalized spacial score (nSPS) is 29.6. The third-order valence-corrected chi connectivity index (χ3v) is 3.51. The molecular weight excluding hydrogens is 205 g/mol. The standard InChI is InChI=1S/C13H16FNO/c14-12-7-16-8-13(12)15-11-5-9-3-1-2-4-10(9)6-11/h1-4,11-13,15H,5-8H2/t12-,13-/m1/s1. The van der Waals surface area contributed by atoms with E-state index in [1.807, 2.05) is 0 Å². The Morgan fingerprint density at radius 1 is 1.12 bits per heavy atom. The number of alkyl halides is 1. The van der Waals surface area contributed by atoms with E-state index in [1.165, 1.54) is 11.1 Å². The zero-order chi connectivity index (χ0) is 11.0. The monoisotopic (exact) mass is 221 g/mol. The van der Waals surface area contributed by atoms with Crippen LogP contribution in [0.3, 0.4) is 0 Å². The van der Waals surface area contributed by atoms with Gasteiger partial charge in [-0.1, -0.05) is 24.3 Å². The van der Waals surface area contributed by atoms with Crippen LogP contribution < -0.4 is 5.32 Å². The van der Waals surface area contributed by atoms with Gasteiger partial charge < -0.3 is 10.1 Å². The third-order valence-electron chi connectivity index (χ3n) is 3.51. The molecule has 16 heavy (non-hydrogen) atoms. The number of ether oxygens (including phenoxy) is 1. The molecule has 1 aliphatic heterocycles. The molecule has 86 valence electrons. The quantitative estimate of drug-likeness (QED) is 0.816. The van der Waals surface area contributed by atoms with Gasteiger partial charge in [-0.25, -0.2) is 4.39 Å². The largest absolute Gasteiger partial charge is 0.377 e.